The van der Waals surface area contributed by atoms with E-state index >= 15 is 0 Å². The number of carbonyl (C=O) groups excluding carboxylic acids is 1. The van der Waals surface area contributed by atoms with Crippen molar-refractivity contribution in [1.29, 1.82) is 0 Å². The van der Waals surface area contributed by atoms with Gasteiger partial charge in [-0.1, -0.05) is 43.7 Å². The van der Waals surface area contributed by atoms with Crippen LogP contribution in [0.25, 0.3) is 0 Å². The highest BCUT2D eigenvalue weighted by molar-refractivity contribution is 7.09. The van der Waals surface area contributed by atoms with Gasteiger partial charge in [0.2, 0.25) is 0 Å². The number of methoxy groups -OCH3 is 1. The van der Waals surface area contributed by atoms with Gasteiger partial charge in [-0.25, -0.2) is 9.78 Å². The van der Waals surface area contributed by atoms with Gasteiger partial charge in [0.1, 0.15) is 5.01 Å². The lowest BCUT2D eigenvalue weighted by Gasteiger charge is -2.33. The van der Waals surface area contributed by atoms with Crippen molar-refractivity contribution in [3.8, 4) is 0 Å². The van der Waals surface area contributed by atoms with Crippen molar-refractivity contribution in [2.24, 2.45) is 0 Å². The quantitative estimate of drug-likeness (QED) is 0.664. The molecule has 0 aliphatic rings. The fourth-order valence-electron chi connectivity index (χ4n) is 2.49. The van der Waals surface area contributed by atoms with Gasteiger partial charge in [-0.2, -0.15) is 13.2 Å². The second kappa shape index (κ2) is 7.97. The van der Waals surface area contributed by atoms with Crippen LogP contribution in [0.4, 0.5) is 13.2 Å². The van der Waals surface area contributed by atoms with Crippen molar-refractivity contribution >= 4 is 17.3 Å². The van der Waals surface area contributed by atoms with E-state index < -0.39 is 23.9 Å². The van der Waals surface area contributed by atoms with Crippen LogP contribution in [-0.4, -0.2) is 24.2 Å². The molecule has 0 aliphatic carbocycles. The van der Waals surface area contributed by atoms with E-state index in [4.69, 9.17) is 9.47 Å². The summed E-state index contributed by atoms with van der Waals surface area (Å²) in [5.41, 5.74) is -3.51. The van der Waals surface area contributed by atoms with Crippen LogP contribution in [0, 0.1) is 0 Å². The van der Waals surface area contributed by atoms with Crippen LogP contribution in [0.2, 0.25) is 0 Å². The molecule has 2 atom stereocenters. The number of benzene rings is 1. The van der Waals surface area contributed by atoms with Crippen LogP contribution in [0.3, 0.4) is 0 Å². The summed E-state index contributed by atoms with van der Waals surface area (Å²) in [5, 5.41) is 2.13. The summed E-state index contributed by atoms with van der Waals surface area (Å²) >= 11 is 1.22. The smallest absolute Gasteiger partial charge is 0.432 e. The Hall–Kier alpha value is -1.93. The predicted molar refractivity (Wildman–Crippen MR) is 87.0 cm³/mol. The number of nitrogens with zero attached hydrogens (tertiary/aromatic N) is 1. The maximum absolute atomic E-state index is 13.9. The topological polar surface area (TPSA) is 48.4 Å². The molecule has 136 valence electrons. The van der Waals surface area contributed by atoms with Gasteiger partial charge in [-0.3, -0.25) is 0 Å². The molecule has 0 radical (unpaired) electrons. The van der Waals surface area contributed by atoms with E-state index in [0.29, 0.717) is 17.8 Å². The Kier molecular flexibility index (Phi) is 6.18. The number of ether oxygens (including phenoxy) is 2. The molecule has 1 aromatic carbocycles. The number of alkyl halides is 3. The lowest BCUT2D eigenvalue weighted by Crippen LogP contribution is -2.52. The molecular formula is C17H18F3NO3S. The molecular weight excluding hydrogens is 355 g/mol. The molecule has 0 saturated heterocycles. The van der Waals surface area contributed by atoms with Gasteiger partial charge in [0.25, 0.3) is 5.60 Å². The third-order valence-corrected chi connectivity index (χ3v) is 4.57. The average Bonchev–Trinajstić information content (AvgIpc) is 3.09. The van der Waals surface area contributed by atoms with Gasteiger partial charge in [0.05, 0.1) is 0 Å². The summed E-state index contributed by atoms with van der Waals surface area (Å²) in [6, 6.07) is 6.76. The Morgan fingerprint density at radius 1 is 1.28 bits per heavy atom. The second-order valence-electron chi connectivity index (χ2n) is 5.30. The molecule has 0 aliphatic heterocycles. The number of hydrogen-bond donors (Lipinski definition) is 0. The first-order chi connectivity index (χ1) is 11.9. The molecule has 0 bridgehead atoms. The van der Waals surface area contributed by atoms with Crippen LogP contribution in [0.1, 0.15) is 36.4 Å². The van der Waals surface area contributed by atoms with E-state index in [9.17, 15) is 18.0 Å². The average molecular weight is 373 g/mol. The normalized spacial score (nSPS) is 15.4. The molecule has 4 nitrogen and oxygen atoms in total. The highest BCUT2D eigenvalue weighted by atomic mass is 32.1. The zero-order valence-corrected chi connectivity index (χ0v) is 14.6. The minimum absolute atomic E-state index is 0.329. The van der Waals surface area contributed by atoms with Gasteiger partial charge in [-0.15, -0.1) is 11.3 Å². The number of halogens is 3. The SMILES string of the molecule is CCC[C@H](OC(=O)[C@](OC)(c1ccccc1)C(F)(F)F)c1nccs1. The Morgan fingerprint density at radius 2 is 1.96 bits per heavy atom. The Morgan fingerprint density at radius 3 is 2.44 bits per heavy atom. The molecule has 8 heteroatoms. The van der Waals surface area contributed by atoms with Gasteiger partial charge in [0, 0.05) is 24.3 Å². The lowest BCUT2D eigenvalue weighted by atomic mass is 9.92. The molecule has 1 aromatic heterocycles. The molecule has 0 N–H and O–H groups in total. The van der Waals surface area contributed by atoms with Crippen molar-refractivity contribution in [2.45, 2.75) is 37.6 Å². The summed E-state index contributed by atoms with van der Waals surface area (Å²) in [7, 11) is 0.847. The van der Waals surface area contributed by atoms with E-state index in [0.717, 1.165) is 7.11 Å². The molecule has 0 spiro atoms. The van der Waals surface area contributed by atoms with Crippen molar-refractivity contribution < 1.29 is 27.4 Å². The second-order valence-corrected chi connectivity index (χ2v) is 6.23. The number of rotatable bonds is 7. The first-order valence-electron chi connectivity index (χ1n) is 7.64. The Bertz CT molecular complexity index is 676. The molecule has 1 heterocycles. The largest absolute Gasteiger partial charge is 0.452 e. The van der Waals surface area contributed by atoms with Crippen molar-refractivity contribution in [3.63, 3.8) is 0 Å². The summed E-state index contributed by atoms with van der Waals surface area (Å²) in [6.07, 6.45) is -3.33. The Labute approximate surface area is 147 Å². The first-order valence-corrected chi connectivity index (χ1v) is 8.52. The fourth-order valence-corrected chi connectivity index (χ4v) is 3.19. The number of hydrogen-bond acceptors (Lipinski definition) is 5. The maximum atomic E-state index is 13.9. The van der Waals surface area contributed by atoms with E-state index in [1.54, 1.807) is 11.4 Å². The maximum Gasteiger partial charge on any atom is 0.432 e. The third kappa shape index (κ3) is 3.85. The number of thiazole rings is 1. The van der Waals surface area contributed by atoms with E-state index in [1.165, 1.54) is 41.8 Å². The van der Waals surface area contributed by atoms with E-state index in [1.807, 2.05) is 6.92 Å². The summed E-state index contributed by atoms with van der Waals surface area (Å²) in [5.74, 6) is -1.50. The molecule has 0 unspecified atom stereocenters. The summed E-state index contributed by atoms with van der Waals surface area (Å²) in [4.78, 5) is 16.7. The zero-order valence-electron chi connectivity index (χ0n) is 13.7. The van der Waals surface area contributed by atoms with Crippen molar-refractivity contribution in [1.82, 2.24) is 4.98 Å². The van der Waals surface area contributed by atoms with Crippen LogP contribution in [-0.2, 0) is 19.9 Å². The van der Waals surface area contributed by atoms with E-state index in [2.05, 4.69) is 4.98 Å². The van der Waals surface area contributed by atoms with Gasteiger partial charge in [-0.05, 0) is 6.42 Å². The standard InChI is InChI=1S/C17H18F3NO3S/c1-3-7-13(14-21-10-11-25-14)24-15(22)16(23-2,17(18,19)20)12-8-5-4-6-9-12/h4-6,8-11,13H,3,7H2,1-2H3/t13-,16+/m0/s1. The van der Waals surface area contributed by atoms with Crippen molar-refractivity contribution in [2.75, 3.05) is 7.11 Å². The highest BCUT2D eigenvalue weighted by Gasteiger charge is 2.64. The van der Waals surface area contributed by atoms with Crippen LogP contribution in [0.15, 0.2) is 41.9 Å². The van der Waals surface area contributed by atoms with Crippen molar-refractivity contribution in [3.05, 3.63) is 52.5 Å². The Balaban J connectivity index is 2.42. The third-order valence-electron chi connectivity index (χ3n) is 3.70. The fraction of sp³-hybridized carbons (Fsp3) is 0.412. The van der Waals surface area contributed by atoms with Gasteiger partial charge in [0.15, 0.2) is 6.10 Å². The van der Waals surface area contributed by atoms with Crippen LogP contribution >= 0.6 is 11.3 Å². The first kappa shape index (κ1) is 19.4. The molecule has 2 rings (SSSR count). The van der Waals surface area contributed by atoms with Gasteiger partial charge >= 0.3 is 12.1 Å². The number of aromatic nitrogens is 1. The number of carbonyl (C=O) groups is 1. The highest BCUT2D eigenvalue weighted by Crippen LogP contribution is 2.44. The molecule has 0 fully saturated rings. The lowest BCUT2D eigenvalue weighted by molar-refractivity contribution is -0.278. The monoisotopic (exact) mass is 373 g/mol. The minimum atomic E-state index is -4.99. The summed E-state index contributed by atoms with van der Waals surface area (Å²) < 4.78 is 51.5. The molecule has 2 aromatic rings. The van der Waals surface area contributed by atoms with Crippen LogP contribution in [0.5, 0.6) is 0 Å². The number of esters is 1. The summed E-state index contributed by atoms with van der Waals surface area (Å²) in [6.45, 7) is 1.85. The molecule has 0 saturated carbocycles. The molecule has 0 amide bonds. The predicted octanol–water partition coefficient (Wildman–Crippen LogP) is 4.63. The minimum Gasteiger partial charge on any atom is -0.452 e. The zero-order chi connectivity index (χ0) is 18.5. The van der Waals surface area contributed by atoms with Gasteiger partial charge < -0.3 is 9.47 Å². The molecule has 25 heavy (non-hydrogen) atoms. The van der Waals surface area contributed by atoms with Crippen LogP contribution < -0.4 is 0 Å². The van der Waals surface area contributed by atoms with E-state index in [-0.39, 0.29) is 5.56 Å².